The summed E-state index contributed by atoms with van der Waals surface area (Å²) < 4.78 is 0.354. The van der Waals surface area contributed by atoms with Crippen LogP contribution in [0.3, 0.4) is 0 Å². The van der Waals surface area contributed by atoms with E-state index in [-0.39, 0.29) is 17.7 Å². The van der Waals surface area contributed by atoms with Crippen LogP contribution < -0.4 is 5.32 Å². The van der Waals surface area contributed by atoms with Gasteiger partial charge >= 0.3 is 5.97 Å². The highest BCUT2D eigenvalue weighted by Gasteiger charge is 2.21. The lowest BCUT2D eigenvalue weighted by atomic mass is 10.1. The van der Waals surface area contributed by atoms with Gasteiger partial charge in [-0.1, -0.05) is 22.0 Å². The lowest BCUT2D eigenvalue weighted by Crippen LogP contribution is -2.40. The highest BCUT2D eigenvalue weighted by molar-refractivity contribution is 9.10. The summed E-state index contributed by atoms with van der Waals surface area (Å²) in [7, 11) is 0. The van der Waals surface area contributed by atoms with Crippen LogP contribution >= 0.6 is 15.9 Å². The molecule has 0 fully saturated rings. The minimum atomic E-state index is -1.21. The zero-order chi connectivity index (χ0) is 15.3. The summed E-state index contributed by atoms with van der Waals surface area (Å²) in [5, 5.41) is 21.9. The molecule has 106 valence electrons. The third kappa shape index (κ3) is 4.16. The summed E-state index contributed by atoms with van der Waals surface area (Å²) in [5.41, 5.74) is -0.262. The number of nitrogens with one attached hydrogen (secondary N) is 1. The Kier molecular flexibility index (Phi) is 5.39. The van der Waals surface area contributed by atoms with Crippen molar-refractivity contribution in [1.82, 2.24) is 5.32 Å². The molecule has 1 aromatic carbocycles. The van der Waals surface area contributed by atoms with E-state index in [1.807, 2.05) is 0 Å². The van der Waals surface area contributed by atoms with Crippen LogP contribution in [0.5, 0.6) is 0 Å². The fourth-order valence-corrected chi connectivity index (χ4v) is 1.92. The van der Waals surface area contributed by atoms with Gasteiger partial charge in [-0.05, 0) is 12.5 Å². The number of carboxylic acid groups (broad SMARTS) is 1. The van der Waals surface area contributed by atoms with E-state index in [0.717, 1.165) is 6.07 Å². The predicted molar refractivity (Wildman–Crippen MR) is 74.5 cm³/mol. The summed E-state index contributed by atoms with van der Waals surface area (Å²) in [5.74, 6) is -1.91. The van der Waals surface area contributed by atoms with Crippen molar-refractivity contribution in [3.63, 3.8) is 0 Å². The number of aliphatic carboxylic acids is 1. The first-order valence-corrected chi connectivity index (χ1v) is 6.24. The molecule has 1 atom stereocenters. The molecule has 1 amide bonds. The quantitative estimate of drug-likeness (QED) is 0.467. The van der Waals surface area contributed by atoms with E-state index in [0.29, 0.717) is 4.47 Å². The third-order valence-corrected chi connectivity index (χ3v) is 2.82. The molecule has 0 bridgehead atoms. The van der Waals surface area contributed by atoms with E-state index in [2.05, 4.69) is 27.8 Å². The Hall–Kier alpha value is -2.22. The second-order valence-electron chi connectivity index (χ2n) is 3.84. The van der Waals surface area contributed by atoms with E-state index in [1.165, 1.54) is 18.2 Å². The van der Waals surface area contributed by atoms with Crippen molar-refractivity contribution in [2.45, 2.75) is 12.5 Å². The van der Waals surface area contributed by atoms with Gasteiger partial charge in [-0.25, -0.2) is 4.79 Å². The van der Waals surface area contributed by atoms with Crippen LogP contribution in [-0.4, -0.2) is 27.9 Å². The molecule has 1 aromatic rings. The van der Waals surface area contributed by atoms with E-state index in [4.69, 9.17) is 5.11 Å². The Morgan fingerprint density at radius 3 is 2.65 bits per heavy atom. The maximum atomic E-state index is 11.9. The largest absolute Gasteiger partial charge is 0.480 e. The summed E-state index contributed by atoms with van der Waals surface area (Å²) in [6, 6.07) is 2.56. The van der Waals surface area contributed by atoms with Gasteiger partial charge in [0, 0.05) is 22.2 Å². The molecule has 20 heavy (non-hydrogen) atoms. The monoisotopic (exact) mass is 342 g/mol. The SMILES string of the molecule is C=CCC(NC(=O)c1cc(Br)cc([N+](=O)[O-])c1)C(=O)O. The lowest BCUT2D eigenvalue weighted by molar-refractivity contribution is -0.385. The van der Waals surface area contributed by atoms with Crippen LogP contribution in [0, 0.1) is 10.1 Å². The van der Waals surface area contributed by atoms with Gasteiger partial charge in [0.1, 0.15) is 6.04 Å². The number of rotatable bonds is 6. The van der Waals surface area contributed by atoms with E-state index in [1.54, 1.807) is 0 Å². The molecule has 1 unspecified atom stereocenters. The molecule has 0 aliphatic rings. The van der Waals surface area contributed by atoms with Crippen molar-refractivity contribution in [3.8, 4) is 0 Å². The Labute approximate surface area is 122 Å². The van der Waals surface area contributed by atoms with Crippen LogP contribution in [0.25, 0.3) is 0 Å². The van der Waals surface area contributed by atoms with E-state index >= 15 is 0 Å². The highest BCUT2D eigenvalue weighted by atomic mass is 79.9. The molecule has 0 radical (unpaired) electrons. The number of amides is 1. The maximum absolute atomic E-state index is 11.9. The van der Waals surface area contributed by atoms with Crippen LogP contribution in [0.1, 0.15) is 16.8 Å². The number of benzene rings is 1. The summed E-state index contributed by atoms with van der Waals surface area (Å²) in [6.45, 7) is 3.40. The minimum Gasteiger partial charge on any atom is -0.480 e. The highest BCUT2D eigenvalue weighted by Crippen LogP contribution is 2.21. The van der Waals surface area contributed by atoms with Gasteiger partial charge < -0.3 is 10.4 Å². The van der Waals surface area contributed by atoms with Crippen molar-refractivity contribution < 1.29 is 19.6 Å². The van der Waals surface area contributed by atoms with Gasteiger partial charge in [-0.2, -0.15) is 0 Å². The predicted octanol–water partition coefficient (Wildman–Crippen LogP) is 2.12. The lowest BCUT2D eigenvalue weighted by Gasteiger charge is -2.12. The van der Waals surface area contributed by atoms with E-state index < -0.39 is 22.8 Å². The molecule has 7 nitrogen and oxygen atoms in total. The van der Waals surface area contributed by atoms with Gasteiger partial charge in [0.2, 0.25) is 0 Å². The molecule has 0 saturated carbocycles. The smallest absolute Gasteiger partial charge is 0.326 e. The molecule has 0 spiro atoms. The second kappa shape index (κ2) is 6.80. The number of halogens is 1. The van der Waals surface area contributed by atoms with Crippen LogP contribution in [0.4, 0.5) is 5.69 Å². The number of hydrogen-bond acceptors (Lipinski definition) is 4. The molecular weight excluding hydrogens is 332 g/mol. The van der Waals surface area contributed by atoms with Crippen molar-refractivity contribution >= 4 is 33.5 Å². The van der Waals surface area contributed by atoms with Gasteiger partial charge in [0.25, 0.3) is 11.6 Å². The second-order valence-corrected chi connectivity index (χ2v) is 4.76. The average molecular weight is 343 g/mol. The average Bonchev–Trinajstić information content (AvgIpc) is 2.37. The first-order chi connectivity index (χ1) is 9.35. The standard InChI is InChI=1S/C12H11BrN2O5/c1-2-3-10(12(17)18)14-11(16)7-4-8(13)6-9(5-7)15(19)20/h2,4-6,10H,1,3H2,(H,14,16)(H,17,18). The van der Waals surface area contributed by atoms with E-state index in [9.17, 15) is 19.7 Å². The summed E-state index contributed by atoms with van der Waals surface area (Å²) >= 11 is 3.06. The zero-order valence-corrected chi connectivity index (χ0v) is 11.8. The fourth-order valence-electron chi connectivity index (χ4n) is 1.44. The third-order valence-electron chi connectivity index (χ3n) is 2.36. The topological polar surface area (TPSA) is 110 Å². The van der Waals surface area contributed by atoms with Gasteiger partial charge in [0.15, 0.2) is 0 Å². The van der Waals surface area contributed by atoms with Crippen molar-refractivity contribution in [3.05, 3.63) is 51.0 Å². The first kappa shape index (κ1) is 15.8. The van der Waals surface area contributed by atoms with Crippen molar-refractivity contribution in [2.75, 3.05) is 0 Å². The Morgan fingerprint density at radius 1 is 1.50 bits per heavy atom. The number of hydrogen-bond donors (Lipinski definition) is 2. The number of nitro groups is 1. The summed E-state index contributed by atoms with van der Waals surface area (Å²) in [6.07, 6.45) is 1.42. The first-order valence-electron chi connectivity index (χ1n) is 5.44. The van der Waals surface area contributed by atoms with Gasteiger partial charge in [0.05, 0.1) is 4.92 Å². The number of carbonyl (C=O) groups is 2. The fraction of sp³-hybridized carbons (Fsp3) is 0.167. The van der Waals surface area contributed by atoms with Gasteiger partial charge in [-0.15, -0.1) is 6.58 Å². The molecule has 0 aliphatic carbocycles. The van der Waals surface area contributed by atoms with Crippen LogP contribution in [0.15, 0.2) is 35.3 Å². The van der Waals surface area contributed by atoms with Gasteiger partial charge in [-0.3, -0.25) is 14.9 Å². The molecule has 1 rings (SSSR count). The number of nitro benzene ring substituents is 1. The molecule has 0 saturated heterocycles. The molecule has 0 heterocycles. The summed E-state index contributed by atoms with van der Waals surface area (Å²) in [4.78, 5) is 32.9. The maximum Gasteiger partial charge on any atom is 0.326 e. The number of carboxylic acids is 1. The normalized spacial score (nSPS) is 11.4. The Balaban J connectivity index is 2.99. The Morgan fingerprint density at radius 2 is 2.15 bits per heavy atom. The van der Waals surface area contributed by atoms with Crippen molar-refractivity contribution in [1.29, 1.82) is 0 Å². The molecule has 2 N–H and O–H groups in total. The number of non-ortho nitro benzene ring substituents is 1. The minimum absolute atomic E-state index is 0.00128. The molecule has 0 aliphatic heterocycles. The number of nitrogens with zero attached hydrogens (tertiary/aromatic N) is 1. The number of carbonyl (C=O) groups excluding carboxylic acids is 1. The zero-order valence-electron chi connectivity index (χ0n) is 10.2. The van der Waals surface area contributed by atoms with Crippen LogP contribution in [-0.2, 0) is 4.79 Å². The Bertz CT molecular complexity index is 573. The molecular formula is C12H11BrN2O5. The molecule has 8 heteroatoms. The van der Waals surface area contributed by atoms with Crippen LogP contribution in [0.2, 0.25) is 0 Å². The molecule has 0 aromatic heterocycles. The van der Waals surface area contributed by atoms with Crippen molar-refractivity contribution in [2.24, 2.45) is 0 Å².